The van der Waals surface area contributed by atoms with Gasteiger partial charge in [0.05, 0.1) is 10.9 Å². The fraction of sp³-hybridized carbons (Fsp3) is 0.280. The van der Waals surface area contributed by atoms with E-state index in [0.717, 1.165) is 5.56 Å². The zero-order valence-corrected chi connectivity index (χ0v) is 19.0. The van der Waals surface area contributed by atoms with Crippen molar-refractivity contribution >= 4 is 10.0 Å². The molecule has 3 aromatic carbocycles. The number of halogens is 1. The summed E-state index contributed by atoms with van der Waals surface area (Å²) in [5.74, 6) is 0.0813. The number of benzene rings is 3. The van der Waals surface area contributed by atoms with Gasteiger partial charge in [-0.05, 0) is 44.3 Å². The third kappa shape index (κ3) is 4.70. The lowest BCUT2D eigenvalue weighted by Crippen LogP contribution is -2.35. The quantitative estimate of drug-likeness (QED) is 0.529. The molecule has 1 fully saturated rings. The van der Waals surface area contributed by atoms with E-state index in [-0.39, 0.29) is 10.9 Å². The minimum atomic E-state index is -3.86. The molecular formula is C25H27FN2O3S. The molecule has 32 heavy (non-hydrogen) atoms. The second-order valence-corrected chi connectivity index (χ2v) is 10.1. The van der Waals surface area contributed by atoms with Crippen molar-refractivity contribution in [2.45, 2.75) is 30.0 Å². The lowest BCUT2D eigenvalue weighted by Gasteiger charge is -2.25. The van der Waals surface area contributed by atoms with Gasteiger partial charge in [-0.1, -0.05) is 54.6 Å². The van der Waals surface area contributed by atoms with E-state index in [1.165, 1.54) is 10.4 Å². The van der Waals surface area contributed by atoms with E-state index in [1.54, 1.807) is 42.5 Å². The summed E-state index contributed by atoms with van der Waals surface area (Å²) in [6, 6.07) is 22.0. The summed E-state index contributed by atoms with van der Waals surface area (Å²) in [6.07, 6.45) is 0.525. The van der Waals surface area contributed by atoms with Crippen LogP contribution in [0.4, 0.5) is 4.39 Å². The third-order valence-electron chi connectivity index (χ3n) is 5.89. The summed E-state index contributed by atoms with van der Waals surface area (Å²) in [7, 11) is -0.0368. The van der Waals surface area contributed by atoms with Crippen molar-refractivity contribution in [1.82, 2.24) is 9.21 Å². The number of likely N-dealkylation sites (N-methyl/N-ethyl adjacent to an activating group) is 1. The molecule has 5 nitrogen and oxygen atoms in total. The van der Waals surface area contributed by atoms with Crippen LogP contribution in [0.25, 0.3) is 0 Å². The standard InChI is InChI=1S/C25H27FN2O3S/c1-27(2)20-15-25(23-13-6-7-14-24(23)26)28(17-20)32(29,30)22-12-8-11-21(16-22)31-18-19-9-4-3-5-10-19/h3-14,16,20,25H,15,17-18H2,1-2H3. The fourth-order valence-electron chi connectivity index (χ4n) is 4.05. The zero-order chi connectivity index (χ0) is 22.7. The van der Waals surface area contributed by atoms with Crippen molar-refractivity contribution < 1.29 is 17.5 Å². The molecule has 0 bridgehead atoms. The number of sulfonamides is 1. The second kappa shape index (κ2) is 9.40. The van der Waals surface area contributed by atoms with Crippen molar-refractivity contribution in [3.63, 3.8) is 0 Å². The number of hydrogen-bond donors (Lipinski definition) is 0. The first-order valence-corrected chi connectivity index (χ1v) is 12.0. The average molecular weight is 455 g/mol. The van der Waals surface area contributed by atoms with Gasteiger partial charge in [-0.2, -0.15) is 4.31 Å². The van der Waals surface area contributed by atoms with Crippen LogP contribution in [0.3, 0.4) is 0 Å². The van der Waals surface area contributed by atoms with Gasteiger partial charge < -0.3 is 9.64 Å². The maximum absolute atomic E-state index is 14.6. The SMILES string of the molecule is CN(C)C1CC(c2ccccc2F)N(S(=O)(=O)c2cccc(OCc3ccccc3)c2)C1. The predicted molar refractivity (Wildman–Crippen MR) is 122 cm³/mol. The highest BCUT2D eigenvalue weighted by Crippen LogP contribution is 2.39. The molecule has 0 N–H and O–H groups in total. The topological polar surface area (TPSA) is 49.9 Å². The molecular weight excluding hydrogens is 427 g/mol. The lowest BCUT2D eigenvalue weighted by molar-refractivity contribution is 0.301. The molecule has 0 amide bonds. The minimum Gasteiger partial charge on any atom is -0.489 e. The first-order chi connectivity index (χ1) is 15.4. The van der Waals surface area contributed by atoms with Crippen molar-refractivity contribution in [3.8, 4) is 5.75 Å². The molecule has 0 saturated carbocycles. The van der Waals surface area contributed by atoms with E-state index in [0.29, 0.717) is 30.9 Å². The summed E-state index contributed by atoms with van der Waals surface area (Å²) >= 11 is 0. The summed E-state index contributed by atoms with van der Waals surface area (Å²) in [5.41, 5.74) is 1.39. The Kier molecular flexibility index (Phi) is 6.60. The Bertz CT molecular complexity index is 1170. The van der Waals surface area contributed by atoms with E-state index < -0.39 is 21.9 Å². The monoisotopic (exact) mass is 454 g/mol. The molecule has 1 aliphatic heterocycles. The highest BCUT2D eigenvalue weighted by Gasteiger charge is 2.42. The average Bonchev–Trinajstić information content (AvgIpc) is 3.25. The van der Waals surface area contributed by atoms with Crippen LogP contribution < -0.4 is 4.74 Å². The summed E-state index contributed by atoms with van der Waals surface area (Å²) in [4.78, 5) is 2.13. The molecule has 7 heteroatoms. The lowest BCUT2D eigenvalue weighted by atomic mass is 10.0. The summed E-state index contributed by atoms with van der Waals surface area (Å²) < 4.78 is 49.2. The van der Waals surface area contributed by atoms with Crippen LogP contribution in [0, 0.1) is 5.82 Å². The van der Waals surface area contributed by atoms with Crippen LogP contribution in [0.2, 0.25) is 0 Å². The van der Waals surface area contributed by atoms with E-state index in [4.69, 9.17) is 4.74 Å². The Morgan fingerprint density at radius 2 is 1.72 bits per heavy atom. The molecule has 4 rings (SSSR count). The maximum atomic E-state index is 14.6. The van der Waals surface area contributed by atoms with Gasteiger partial charge in [-0.15, -0.1) is 0 Å². The van der Waals surface area contributed by atoms with Crippen molar-refractivity contribution in [2.24, 2.45) is 0 Å². The van der Waals surface area contributed by atoms with Gasteiger partial charge in [0.15, 0.2) is 0 Å². The number of ether oxygens (including phenoxy) is 1. The van der Waals surface area contributed by atoms with Crippen molar-refractivity contribution in [3.05, 3.63) is 95.8 Å². The molecule has 1 heterocycles. The first-order valence-electron chi connectivity index (χ1n) is 10.6. The molecule has 0 aromatic heterocycles. The Hall–Kier alpha value is -2.74. The van der Waals surface area contributed by atoms with E-state index in [1.807, 2.05) is 49.3 Å². The molecule has 1 aliphatic rings. The van der Waals surface area contributed by atoms with Crippen LogP contribution in [-0.2, 0) is 16.6 Å². The normalized spacial score (nSPS) is 19.4. The Morgan fingerprint density at radius 1 is 1.00 bits per heavy atom. The van der Waals surface area contributed by atoms with Crippen molar-refractivity contribution in [1.29, 1.82) is 0 Å². The molecule has 2 atom stereocenters. The minimum absolute atomic E-state index is 0.00751. The second-order valence-electron chi connectivity index (χ2n) is 8.21. The molecule has 0 aliphatic carbocycles. The largest absolute Gasteiger partial charge is 0.489 e. The Morgan fingerprint density at radius 3 is 2.44 bits per heavy atom. The first kappa shape index (κ1) is 22.5. The predicted octanol–water partition coefficient (Wildman–Crippen LogP) is 4.47. The fourth-order valence-corrected chi connectivity index (χ4v) is 5.74. The molecule has 0 spiro atoms. The highest BCUT2D eigenvalue weighted by molar-refractivity contribution is 7.89. The van der Waals surface area contributed by atoms with Crippen LogP contribution in [0.15, 0.2) is 83.8 Å². The van der Waals surface area contributed by atoms with Crippen LogP contribution in [-0.4, -0.2) is 44.3 Å². The molecule has 1 saturated heterocycles. The van der Waals surface area contributed by atoms with Crippen LogP contribution in [0.5, 0.6) is 5.75 Å². The van der Waals surface area contributed by atoms with Gasteiger partial charge in [0.1, 0.15) is 18.2 Å². The molecule has 168 valence electrons. The molecule has 0 radical (unpaired) electrons. The zero-order valence-electron chi connectivity index (χ0n) is 18.2. The van der Waals surface area contributed by atoms with Crippen molar-refractivity contribution in [2.75, 3.05) is 20.6 Å². The summed E-state index contributed by atoms with van der Waals surface area (Å²) in [5, 5.41) is 0. The van der Waals surface area contributed by atoms with Gasteiger partial charge in [0.25, 0.3) is 0 Å². The Balaban J connectivity index is 1.63. The molecule has 3 aromatic rings. The van der Waals surface area contributed by atoms with Gasteiger partial charge in [-0.3, -0.25) is 0 Å². The van der Waals surface area contributed by atoms with Gasteiger partial charge in [0.2, 0.25) is 10.0 Å². The third-order valence-corrected chi connectivity index (χ3v) is 7.76. The van der Waals surface area contributed by atoms with Gasteiger partial charge in [0, 0.05) is 24.2 Å². The van der Waals surface area contributed by atoms with E-state index in [9.17, 15) is 12.8 Å². The number of hydrogen-bond acceptors (Lipinski definition) is 4. The number of rotatable bonds is 7. The van der Waals surface area contributed by atoms with Gasteiger partial charge in [-0.25, -0.2) is 12.8 Å². The van der Waals surface area contributed by atoms with E-state index >= 15 is 0 Å². The Labute approximate surface area is 189 Å². The van der Waals surface area contributed by atoms with Gasteiger partial charge >= 0.3 is 0 Å². The molecule has 2 unspecified atom stereocenters. The number of nitrogens with zero attached hydrogens (tertiary/aromatic N) is 2. The summed E-state index contributed by atoms with van der Waals surface area (Å²) in [6.45, 7) is 0.637. The van der Waals surface area contributed by atoms with E-state index in [2.05, 4.69) is 0 Å². The maximum Gasteiger partial charge on any atom is 0.243 e. The van der Waals surface area contributed by atoms with Crippen LogP contribution >= 0.6 is 0 Å². The van der Waals surface area contributed by atoms with Crippen LogP contribution in [0.1, 0.15) is 23.6 Å². The smallest absolute Gasteiger partial charge is 0.243 e. The highest BCUT2D eigenvalue weighted by atomic mass is 32.2.